The SMILES string of the molecule is Fc1ccc(N2CCCCC2)c(CCl)c1. The average Bonchev–Trinajstić information content (AvgIpc) is 2.30. The summed E-state index contributed by atoms with van der Waals surface area (Å²) in [5.74, 6) is 0.176. The van der Waals surface area contributed by atoms with E-state index in [9.17, 15) is 4.39 Å². The lowest BCUT2D eigenvalue weighted by molar-refractivity contribution is 0.575. The van der Waals surface area contributed by atoms with Crippen molar-refractivity contribution >= 4 is 17.3 Å². The molecule has 82 valence electrons. The third-order valence-corrected chi connectivity index (χ3v) is 3.17. The highest BCUT2D eigenvalue weighted by molar-refractivity contribution is 6.17. The molecule has 1 aliphatic heterocycles. The van der Waals surface area contributed by atoms with Crippen LogP contribution in [0.5, 0.6) is 0 Å². The van der Waals surface area contributed by atoms with Crippen LogP contribution in [0.2, 0.25) is 0 Å². The minimum Gasteiger partial charge on any atom is -0.371 e. The van der Waals surface area contributed by atoms with Gasteiger partial charge >= 0.3 is 0 Å². The van der Waals surface area contributed by atoms with Crippen LogP contribution in [0.15, 0.2) is 18.2 Å². The van der Waals surface area contributed by atoms with Gasteiger partial charge in [0.15, 0.2) is 0 Å². The fourth-order valence-corrected chi connectivity index (χ4v) is 2.32. The monoisotopic (exact) mass is 227 g/mol. The first-order valence-electron chi connectivity index (χ1n) is 5.40. The maximum atomic E-state index is 13.0. The van der Waals surface area contributed by atoms with Gasteiger partial charge in [-0.25, -0.2) is 4.39 Å². The second-order valence-corrected chi connectivity index (χ2v) is 4.22. The van der Waals surface area contributed by atoms with Gasteiger partial charge < -0.3 is 4.90 Å². The van der Waals surface area contributed by atoms with E-state index >= 15 is 0 Å². The molecule has 0 bridgehead atoms. The van der Waals surface area contributed by atoms with Gasteiger partial charge in [0, 0.05) is 24.7 Å². The number of halogens is 2. The molecule has 0 spiro atoms. The first kappa shape index (κ1) is 10.7. The number of hydrogen-bond acceptors (Lipinski definition) is 1. The molecule has 0 saturated carbocycles. The fraction of sp³-hybridized carbons (Fsp3) is 0.500. The highest BCUT2D eigenvalue weighted by atomic mass is 35.5. The van der Waals surface area contributed by atoms with Crippen molar-refractivity contribution in [3.05, 3.63) is 29.6 Å². The van der Waals surface area contributed by atoms with E-state index in [2.05, 4.69) is 4.90 Å². The van der Waals surface area contributed by atoms with Crippen LogP contribution < -0.4 is 4.90 Å². The van der Waals surface area contributed by atoms with Crippen molar-refractivity contribution in [1.29, 1.82) is 0 Å². The second kappa shape index (κ2) is 4.84. The van der Waals surface area contributed by atoms with Crippen molar-refractivity contribution in [3.8, 4) is 0 Å². The third-order valence-electron chi connectivity index (χ3n) is 2.88. The third kappa shape index (κ3) is 2.43. The molecular formula is C12H15ClFN. The Labute approximate surface area is 94.8 Å². The molecule has 15 heavy (non-hydrogen) atoms. The Morgan fingerprint density at radius 3 is 2.60 bits per heavy atom. The van der Waals surface area contributed by atoms with E-state index in [1.807, 2.05) is 6.07 Å². The molecule has 1 heterocycles. The molecule has 0 aliphatic carbocycles. The highest BCUT2D eigenvalue weighted by Gasteiger charge is 2.14. The second-order valence-electron chi connectivity index (χ2n) is 3.95. The first-order chi connectivity index (χ1) is 7.31. The Balaban J connectivity index is 2.25. The van der Waals surface area contributed by atoms with Gasteiger partial charge in [0.25, 0.3) is 0 Å². The Morgan fingerprint density at radius 1 is 1.20 bits per heavy atom. The van der Waals surface area contributed by atoms with Crippen LogP contribution >= 0.6 is 11.6 Å². The molecule has 1 nitrogen and oxygen atoms in total. The number of alkyl halides is 1. The predicted octanol–water partition coefficient (Wildman–Crippen LogP) is 3.55. The van der Waals surface area contributed by atoms with Gasteiger partial charge in [-0.05, 0) is 43.0 Å². The summed E-state index contributed by atoms with van der Waals surface area (Å²) in [6, 6.07) is 4.90. The normalized spacial score (nSPS) is 16.8. The van der Waals surface area contributed by atoms with Gasteiger partial charge in [0.2, 0.25) is 0 Å². The molecule has 3 heteroatoms. The summed E-state index contributed by atoms with van der Waals surface area (Å²) in [4.78, 5) is 2.31. The summed E-state index contributed by atoms with van der Waals surface area (Å²) in [6.45, 7) is 2.13. The van der Waals surface area contributed by atoms with Crippen LogP contribution in [0.1, 0.15) is 24.8 Å². The maximum Gasteiger partial charge on any atom is 0.123 e. The summed E-state index contributed by atoms with van der Waals surface area (Å²) < 4.78 is 13.0. The van der Waals surface area contributed by atoms with Crippen LogP contribution in [-0.2, 0) is 5.88 Å². The van der Waals surface area contributed by atoms with E-state index in [0.29, 0.717) is 5.88 Å². The van der Waals surface area contributed by atoms with Crippen LogP contribution in [0.3, 0.4) is 0 Å². The number of anilines is 1. The molecule has 0 unspecified atom stereocenters. The van der Waals surface area contributed by atoms with Crippen LogP contribution in [0, 0.1) is 5.82 Å². The zero-order valence-corrected chi connectivity index (χ0v) is 9.43. The first-order valence-corrected chi connectivity index (χ1v) is 5.94. The Morgan fingerprint density at radius 2 is 1.93 bits per heavy atom. The van der Waals surface area contributed by atoms with Crippen molar-refractivity contribution < 1.29 is 4.39 Å². The van der Waals surface area contributed by atoms with E-state index in [1.54, 1.807) is 0 Å². The highest BCUT2D eigenvalue weighted by Crippen LogP contribution is 2.26. The quantitative estimate of drug-likeness (QED) is 0.699. The molecular weight excluding hydrogens is 213 g/mol. The summed E-state index contributed by atoms with van der Waals surface area (Å²) in [6.07, 6.45) is 3.74. The van der Waals surface area contributed by atoms with Gasteiger partial charge in [-0.15, -0.1) is 11.6 Å². The van der Waals surface area contributed by atoms with E-state index in [4.69, 9.17) is 11.6 Å². The molecule has 1 aliphatic rings. The zero-order chi connectivity index (χ0) is 10.7. The van der Waals surface area contributed by atoms with Crippen LogP contribution in [-0.4, -0.2) is 13.1 Å². The molecule has 0 atom stereocenters. The van der Waals surface area contributed by atoms with Crippen LogP contribution in [0.4, 0.5) is 10.1 Å². The topological polar surface area (TPSA) is 3.24 Å². The molecule has 0 aromatic heterocycles. The molecule has 1 aromatic rings. The van der Waals surface area contributed by atoms with Crippen molar-refractivity contribution in [3.63, 3.8) is 0 Å². The molecule has 0 N–H and O–H groups in total. The number of piperidine rings is 1. The summed E-state index contributed by atoms with van der Waals surface area (Å²) >= 11 is 5.83. The minimum atomic E-state index is -0.202. The summed E-state index contributed by atoms with van der Waals surface area (Å²) in [7, 11) is 0. The number of hydrogen-bond donors (Lipinski definition) is 0. The Kier molecular flexibility index (Phi) is 3.47. The minimum absolute atomic E-state index is 0.202. The maximum absolute atomic E-state index is 13.0. The lowest BCUT2D eigenvalue weighted by atomic mass is 10.1. The Bertz CT molecular complexity index is 334. The van der Waals surface area contributed by atoms with E-state index in [1.165, 1.54) is 31.4 Å². The van der Waals surface area contributed by atoms with Crippen LogP contribution in [0.25, 0.3) is 0 Å². The van der Waals surface area contributed by atoms with E-state index in [-0.39, 0.29) is 5.82 Å². The van der Waals surface area contributed by atoms with E-state index < -0.39 is 0 Å². The Hall–Kier alpha value is -0.760. The summed E-state index contributed by atoms with van der Waals surface area (Å²) in [5.41, 5.74) is 2.00. The van der Waals surface area contributed by atoms with Crippen molar-refractivity contribution in [2.75, 3.05) is 18.0 Å². The fourth-order valence-electron chi connectivity index (χ4n) is 2.10. The molecule has 0 amide bonds. The van der Waals surface area contributed by atoms with Crippen molar-refractivity contribution in [1.82, 2.24) is 0 Å². The molecule has 0 radical (unpaired) electrons. The molecule has 1 aromatic carbocycles. The lowest BCUT2D eigenvalue weighted by Crippen LogP contribution is -2.30. The molecule has 1 fully saturated rings. The molecule has 2 rings (SSSR count). The standard InChI is InChI=1S/C12H15ClFN/c13-9-10-8-11(14)4-5-12(10)15-6-2-1-3-7-15/h4-5,8H,1-3,6-7,9H2. The van der Waals surface area contributed by atoms with Gasteiger partial charge in [-0.2, -0.15) is 0 Å². The summed E-state index contributed by atoms with van der Waals surface area (Å²) in [5, 5.41) is 0. The largest absolute Gasteiger partial charge is 0.371 e. The van der Waals surface area contributed by atoms with Gasteiger partial charge in [-0.1, -0.05) is 0 Å². The predicted molar refractivity (Wildman–Crippen MR) is 62.0 cm³/mol. The van der Waals surface area contributed by atoms with Crippen molar-refractivity contribution in [2.45, 2.75) is 25.1 Å². The van der Waals surface area contributed by atoms with Crippen molar-refractivity contribution in [2.24, 2.45) is 0 Å². The van der Waals surface area contributed by atoms with E-state index in [0.717, 1.165) is 24.3 Å². The zero-order valence-electron chi connectivity index (χ0n) is 8.68. The number of nitrogens with zero attached hydrogens (tertiary/aromatic N) is 1. The smallest absolute Gasteiger partial charge is 0.123 e. The number of rotatable bonds is 2. The van der Waals surface area contributed by atoms with Gasteiger partial charge in [0.05, 0.1) is 0 Å². The van der Waals surface area contributed by atoms with Gasteiger partial charge in [-0.3, -0.25) is 0 Å². The molecule has 1 saturated heterocycles. The average molecular weight is 228 g/mol. The lowest BCUT2D eigenvalue weighted by Gasteiger charge is -2.30. The number of benzene rings is 1. The van der Waals surface area contributed by atoms with Gasteiger partial charge in [0.1, 0.15) is 5.82 Å².